The van der Waals surface area contributed by atoms with Crippen molar-refractivity contribution in [3.63, 3.8) is 0 Å². The average Bonchev–Trinajstić information content (AvgIpc) is 2.83. The molecule has 2 nitrogen and oxygen atoms in total. The minimum atomic E-state index is 0.265. The van der Waals surface area contributed by atoms with E-state index < -0.39 is 0 Å². The molecule has 1 saturated carbocycles. The zero-order chi connectivity index (χ0) is 15.2. The second-order valence-corrected chi connectivity index (χ2v) is 8.37. The zero-order valence-electron chi connectivity index (χ0n) is 13.0. The molecular formula is C16H26Cl2N2S. The van der Waals surface area contributed by atoms with Gasteiger partial charge in [-0.05, 0) is 58.0 Å². The van der Waals surface area contributed by atoms with Crippen LogP contribution in [0, 0.1) is 0 Å². The first-order valence-electron chi connectivity index (χ1n) is 7.96. The van der Waals surface area contributed by atoms with Gasteiger partial charge in [0.25, 0.3) is 0 Å². The molecule has 1 aliphatic rings. The van der Waals surface area contributed by atoms with Crippen molar-refractivity contribution >= 4 is 34.5 Å². The maximum absolute atomic E-state index is 6.19. The van der Waals surface area contributed by atoms with Crippen LogP contribution in [-0.2, 0) is 0 Å². The maximum atomic E-state index is 6.19. The first-order chi connectivity index (χ1) is 10.1. The highest BCUT2D eigenvalue weighted by Gasteiger charge is 2.17. The third-order valence-electron chi connectivity index (χ3n) is 4.49. The summed E-state index contributed by atoms with van der Waals surface area (Å²) < 4.78 is 1.57. The highest BCUT2D eigenvalue weighted by Crippen LogP contribution is 2.34. The van der Waals surface area contributed by atoms with Crippen LogP contribution < -0.4 is 5.32 Å². The monoisotopic (exact) mass is 348 g/mol. The Kier molecular flexibility index (Phi) is 7.30. The van der Waals surface area contributed by atoms with Crippen LogP contribution in [0.3, 0.4) is 0 Å². The van der Waals surface area contributed by atoms with Gasteiger partial charge in [-0.15, -0.1) is 11.3 Å². The van der Waals surface area contributed by atoms with E-state index in [1.165, 1.54) is 56.4 Å². The molecule has 21 heavy (non-hydrogen) atoms. The van der Waals surface area contributed by atoms with Gasteiger partial charge < -0.3 is 10.2 Å². The van der Waals surface area contributed by atoms with Crippen LogP contribution in [-0.4, -0.2) is 31.1 Å². The summed E-state index contributed by atoms with van der Waals surface area (Å²) in [4.78, 5) is 2.54. The van der Waals surface area contributed by atoms with E-state index in [2.05, 4.69) is 24.2 Å². The number of hydrogen-bond donors (Lipinski definition) is 1. The Bertz CT molecular complexity index is 430. The Hall–Kier alpha value is 0.200. The maximum Gasteiger partial charge on any atom is 0.0991 e. The molecule has 0 saturated heterocycles. The second-order valence-electron chi connectivity index (χ2n) is 6.08. The van der Waals surface area contributed by atoms with Crippen molar-refractivity contribution in [3.8, 4) is 0 Å². The minimum absolute atomic E-state index is 0.265. The van der Waals surface area contributed by atoms with Crippen molar-refractivity contribution in [2.24, 2.45) is 0 Å². The number of nitrogens with zero attached hydrogens (tertiary/aromatic N) is 1. The third kappa shape index (κ3) is 5.40. The van der Waals surface area contributed by atoms with Crippen LogP contribution in [0.1, 0.15) is 57.1 Å². The van der Waals surface area contributed by atoms with Gasteiger partial charge in [-0.3, -0.25) is 0 Å². The van der Waals surface area contributed by atoms with Crippen LogP contribution >= 0.6 is 34.5 Å². The van der Waals surface area contributed by atoms with Gasteiger partial charge in [0.1, 0.15) is 0 Å². The lowest BCUT2D eigenvalue weighted by Crippen LogP contribution is -2.35. The van der Waals surface area contributed by atoms with E-state index in [9.17, 15) is 0 Å². The summed E-state index contributed by atoms with van der Waals surface area (Å²) in [6.45, 7) is 4.33. The van der Waals surface area contributed by atoms with Gasteiger partial charge in [-0.2, -0.15) is 0 Å². The van der Waals surface area contributed by atoms with E-state index in [0.29, 0.717) is 0 Å². The van der Waals surface area contributed by atoms with Crippen molar-refractivity contribution < 1.29 is 0 Å². The van der Waals surface area contributed by atoms with E-state index in [0.717, 1.165) is 26.8 Å². The van der Waals surface area contributed by atoms with E-state index >= 15 is 0 Å². The molecule has 5 heteroatoms. The molecule has 0 amide bonds. The second kappa shape index (κ2) is 8.73. The fourth-order valence-corrected chi connectivity index (χ4v) is 4.76. The number of rotatable bonds is 7. The highest BCUT2D eigenvalue weighted by atomic mass is 35.5. The molecule has 2 rings (SSSR count). The van der Waals surface area contributed by atoms with Gasteiger partial charge in [0, 0.05) is 12.1 Å². The number of thiophene rings is 1. The van der Waals surface area contributed by atoms with Gasteiger partial charge in [0.15, 0.2) is 0 Å². The van der Waals surface area contributed by atoms with E-state index in [1.54, 1.807) is 0 Å². The lowest BCUT2D eigenvalue weighted by Gasteiger charge is -2.31. The molecule has 1 aliphatic carbocycles. The average molecular weight is 349 g/mol. The summed E-state index contributed by atoms with van der Waals surface area (Å²) in [5.41, 5.74) is 1.12. The summed E-state index contributed by atoms with van der Waals surface area (Å²) in [7, 11) is 2.27. The minimum Gasteiger partial charge on any atom is -0.310 e. The largest absolute Gasteiger partial charge is 0.310 e. The highest BCUT2D eigenvalue weighted by molar-refractivity contribution is 7.20. The lowest BCUT2D eigenvalue weighted by atomic mass is 9.94. The molecule has 1 aromatic heterocycles. The van der Waals surface area contributed by atoms with E-state index in [-0.39, 0.29) is 6.04 Å². The van der Waals surface area contributed by atoms with Crippen molar-refractivity contribution in [3.05, 3.63) is 20.3 Å². The molecule has 0 aromatic carbocycles. The van der Waals surface area contributed by atoms with Gasteiger partial charge in [-0.1, -0.05) is 42.5 Å². The van der Waals surface area contributed by atoms with Crippen molar-refractivity contribution in [2.75, 3.05) is 20.1 Å². The van der Waals surface area contributed by atoms with Crippen molar-refractivity contribution in [1.29, 1.82) is 0 Å². The van der Waals surface area contributed by atoms with Crippen LogP contribution in [0.5, 0.6) is 0 Å². The fourth-order valence-electron chi connectivity index (χ4n) is 3.11. The third-order valence-corrected chi connectivity index (χ3v) is 6.00. The smallest absolute Gasteiger partial charge is 0.0991 e. The molecule has 0 aliphatic heterocycles. The van der Waals surface area contributed by atoms with E-state index in [4.69, 9.17) is 23.2 Å². The van der Waals surface area contributed by atoms with Gasteiger partial charge in [-0.25, -0.2) is 0 Å². The fraction of sp³-hybridized carbons (Fsp3) is 0.750. The Morgan fingerprint density at radius 1 is 1.33 bits per heavy atom. The first kappa shape index (κ1) is 17.6. The first-order valence-corrected chi connectivity index (χ1v) is 9.53. The SMILES string of the molecule is CC(NCCCN(C)C1CCCCC1)c1cc(Cl)sc1Cl. The lowest BCUT2D eigenvalue weighted by molar-refractivity contribution is 0.189. The van der Waals surface area contributed by atoms with Crippen LogP contribution in [0.25, 0.3) is 0 Å². The Balaban J connectivity index is 1.66. The number of hydrogen-bond acceptors (Lipinski definition) is 3. The van der Waals surface area contributed by atoms with Gasteiger partial charge in [0.2, 0.25) is 0 Å². The topological polar surface area (TPSA) is 15.3 Å². The molecule has 1 fully saturated rings. The molecule has 0 radical (unpaired) electrons. The van der Waals surface area contributed by atoms with Gasteiger partial charge in [0.05, 0.1) is 8.67 Å². The summed E-state index contributed by atoms with van der Waals surface area (Å²) in [6, 6.07) is 3.04. The predicted octanol–water partition coefficient (Wildman–Crippen LogP) is 5.36. The number of nitrogens with one attached hydrogen (secondary N) is 1. The molecule has 1 heterocycles. The van der Waals surface area contributed by atoms with Crippen LogP contribution in [0.15, 0.2) is 6.07 Å². The summed E-state index contributed by atoms with van der Waals surface area (Å²) in [5, 5.41) is 3.55. The zero-order valence-corrected chi connectivity index (χ0v) is 15.3. The number of halogens is 2. The standard InChI is InChI=1S/C16H26Cl2N2S/c1-12(14-11-15(17)21-16(14)18)19-9-6-10-20(2)13-7-4-3-5-8-13/h11-13,19H,3-10H2,1-2H3. The van der Waals surface area contributed by atoms with Gasteiger partial charge >= 0.3 is 0 Å². The Morgan fingerprint density at radius 3 is 2.67 bits per heavy atom. The quantitative estimate of drug-likeness (QED) is 0.667. The molecule has 0 spiro atoms. The summed E-state index contributed by atoms with van der Waals surface area (Å²) in [5.74, 6) is 0. The molecule has 1 aromatic rings. The molecule has 120 valence electrons. The Morgan fingerprint density at radius 2 is 2.05 bits per heavy atom. The van der Waals surface area contributed by atoms with Crippen LogP contribution in [0.2, 0.25) is 8.67 Å². The van der Waals surface area contributed by atoms with Crippen LogP contribution in [0.4, 0.5) is 0 Å². The molecule has 1 unspecified atom stereocenters. The van der Waals surface area contributed by atoms with E-state index in [1.807, 2.05) is 6.07 Å². The Labute approximate surface area is 142 Å². The van der Waals surface area contributed by atoms with Crippen molar-refractivity contribution in [1.82, 2.24) is 10.2 Å². The molecule has 1 atom stereocenters. The predicted molar refractivity (Wildman–Crippen MR) is 94.9 cm³/mol. The molecule has 1 N–H and O–H groups in total. The van der Waals surface area contributed by atoms with Crippen molar-refractivity contribution in [2.45, 2.75) is 57.5 Å². The summed E-state index contributed by atoms with van der Waals surface area (Å²) in [6.07, 6.45) is 8.16. The summed E-state index contributed by atoms with van der Waals surface area (Å²) >= 11 is 13.6. The normalized spacial score (nSPS) is 18.3. The molecular weight excluding hydrogens is 323 g/mol. The molecule has 0 bridgehead atoms.